The van der Waals surface area contributed by atoms with Crippen LogP contribution in [0.1, 0.15) is 13.8 Å². The lowest BCUT2D eigenvalue weighted by molar-refractivity contribution is 0.626. The molecule has 0 nitrogen and oxygen atoms in total. The van der Waals surface area contributed by atoms with Crippen molar-refractivity contribution in [3.05, 3.63) is 34.0 Å². The number of halogens is 2. The fourth-order valence-electron chi connectivity index (χ4n) is 0.410. The lowest BCUT2D eigenvalue weighted by Gasteiger charge is -1.92. The standard InChI is InChI=1S/C7H6BrF/c1-5-2-6(8)4-7(9)3-5/h2-4H,1H3/i1D3,2D,3D,4D. The van der Waals surface area contributed by atoms with Crippen LogP contribution in [0.4, 0.5) is 4.39 Å². The van der Waals surface area contributed by atoms with Crippen LogP contribution in [0.15, 0.2) is 22.6 Å². The summed E-state index contributed by atoms with van der Waals surface area (Å²) in [5.74, 6) is -1.23. The average Bonchev–Trinajstić information content (AvgIpc) is 2.09. The highest BCUT2D eigenvalue weighted by Crippen LogP contribution is 2.13. The molecule has 0 aromatic heterocycles. The maximum absolute atomic E-state index is 13.2. The molecule has 1 aromatic carbocycles. The van der Waals surface area contributed by atoms with Gasteiger partial charge in [0.25, 0.3) is 0 Å². The van der Waals surface area contributed by atoms with Gasteiger partial charge in [0.15, 0.2) is 0 Å². The van der Waals surface area contributed by atoms with E-state index in [2.05, 4.69) is 15.9 Å². The highest BCUT2D eigenvalue weighted by Gasteiger charge is 1.92. The van der Waals surface area contributed by atoms with Gasteiger partial charge in [0.1, 0.15) is 5.82 Å². The Balaban J connectivity index is 3.68. The molecule has 0 fully saturated rings. The summed E-state index contributed by atoms with van der Waals surface area (Å²) in [6, 6.07) is -2.11. The van der Waals surface area contributed by atoms with Crippen LogP contribution in [0, 0.1) is 12.7 Å². The highest BCUT2D eigenvalue weighted by molar-refractivity contribution is 9.10. The van der Waals surface area contributed by atoms with Crippen molar-refractivity contribution in [2.24, 2.45) is 0 Å². The molecule has 9 heavy (non-hydrogen) atoms. The molecule has 0 bridgehead atoms. The third-order valence-electron chi connectivity index (χ3n) is 0.689. The minimum atomic E-state index is -2.73. The van der Waals surface area contributed by atoms with E-state index in [1.54, 1.807) is 0 Å². The first-order chi connectivity index (χ1) is 6.68. The number of hydrogen-bond donors (Lipinski definition) is 0. The molecule has 0 aliphatic carbocycles. The summed E-state index contributed by atoms with van der Waals surface area (Å²) >= 11 is 2.76. The topological polar surface area (TPSA) is 0 Å². The first-order valence-electron chi connectivity index (χ1n) is 5.13. The maximum atomic E-state index is 13.2. The predicted octanol–water partition coefficient (Wildman–Crippen LogP) is 2.90. The fraction of sp³-hybridized carbons (Fsp3) is 0.143. The van der Waals surface area contributed by atoms with Gasteiger partial charge in [-0.15, -0.1) is 0 Å². The van der Waals surface area contributed by atoms with Gasteiger partial charge in [-0.1, -0.05) is 15.9 Å². The highest BCUT2D eigenvalue weighted by atomic mass is 79.9. The molecule has 0 heterocycles. The molecule has 0 amide bonds. The van der Waals surface area contributed by atoms with Gasteiger partial charge in [-0.25, -0.2) is 4.39 Å². The van der Waals surface area contributed by atoms with E-state index < -0.39 is 36.4 Å². The SMILES string of the molecule is [2H]c1c(F)c([2H])c(C([2H])([2H])[2H])c([2H])c1Br. The van der Waals surface area contributed by atoms with E-state index in [1.165, 1.54) is 0 Å². The number of hydrogen-bond acceptors (Lipinski definition) is 0. The van der Waals surface area contributed by atoms with Crippen molar-refractivity contribution in [2.45, 2.75) is 6.85 Å². The Morgan fingerprint density at radius 2 is 2.44 bits per heavy atom. The van der Waals surface area contributed by atoms with Crippen LogP contribution in [0.5, 0.6) is 0 Å². The van der Waals surface area contributed by atoms with E-state index in [1.807, 2.05) is 0 Å². The maximum Gasteiger partial charge on any atom is 0.124 e. The minimum absolute atomic E-state index is 0.248. The molecule has 1 aromatic rings. The molecule has 0 saturated carbocycles. The number of rotatable bonds is 0. The van der Waals surface area contributed by atoms with Gasteiger partial charge < -0.3 is 0 Å². The summed E-state index contributed by atoms with van der Waals surface area (Å²) in [6.07, 6.45) is 0. The van der Waals surface area contributed by atoms with Crippen LogP contribution < -0.4 is 0 Å². The van der Waals surface area contributed by atoms with Crippen molar-refractivity contribution in [2.75, 3.05) is 0 Å². The Labute approximate surface area is 70.3 Å². The smallest absolute Gasteiger partial charge is 0.124 e. The zero-order valence-corrected chi connectivity index (χ0v) is 5.84. The Morgan fingerprint density at radius 1 is 1.67 bits per heavy atom. The van der Waals surface area contributed by atoms with E-state index in [9.17, 15) is 4.39 Å². The third-order valence-corrected chi connectivity index (χ3v) is 1.09. The summed E-state index contributed by atoms with van der Waals surface area (Å²) in [6.45, 7) is -2.73. The Morgan fingerprint density at radius 3 is 3.11 bits per heavy atom. The summed E-state index contributed by atoms with van der Waals surface area (Å²) in [5, 5.41) is 0. The normalized spacial score (nSPS) is 20.7. The quantitative estimate of drug-likeness (QED) is 0.597. The van der Waals surface area contributed by atoms with Crippen molar-refractivity contribution >= 4 is 15.9 Å². The van der Waals surface area contributed by atoms with Crippen LogP contribution in [-0.4, -0.2) is 0 Å². The summed E-state index contributed by atoms with van der Waals surface area (Å²) in [7, 11) is 0. The molecule has 0 unspecified atom stereocenters. The first kappa shape index (κ1) is 2.35. The Hall–Kier alpha value is -0.370. The van der Waals surface area contributed by atoms with Gasteiger partial charge in [-0.2, -0.15) is 0 Å². The molecule has 48 valence electrons. The van der Waals surface area contributed by atoms with Gasteiger partial charge in [0, 0.05) is 8.58 Å². The number of benzene rings is 1. The monoisotopic (exact) mass is 194 g/mol. The fourth-order valence-corrected chi connectivity index (χ4v) is 0.782. The van der Waals surface area contributed by atoms with Gasteiger partial charge in [-0.3, -0.25) is 0 Å². The molecule has 0 N–H and O–H groups in total. The van der Waals surface area contributed by atoms with Crippen LogP contribution in [0.25, 0.3) is 0 Å². The molecule has 0 aliphatic heterocycles. The van der Waals surface area contributed by atoms with E-state index in [4.69, 9.17) is 8.22 Å². The van der Waals surface area contributed by atoms with Crippen molar-refractivity contribution in [3.63, 3.8) is 0 Å². The third kappa shape index (κ3) is 1.79. The Bertz CT molecular complexity index is 384. The van der Waals surface area contributed by atoms with Gasteiger partial charge >= 0.3 is 0 Å². The average molecular weight is 195 g/mol. The van der Waals surface area contributed by atoms with Crippen LogP contribution in [0.3, 0.4) is 0 Å². The van der Waals surface area contributed by atoms with E-state index >= 15 is 0 Å². The zero-order chi connectivity index (χ0) is 12.0. The van der Waals surface area contributed by atoms with Gasteiger partial charge in [0.2, 0.25) is 0 Å². The van der Waals surface area contributed by atoms with Crippen LogP contribution in [0.2, 0.25) is 0 Å². The minimum Gasteiger partial charge on any atom is -0.207 e. The molecule has 0 saturated heterocycles. The van der Waals surface area contributed by atoms with Crippen LogP contribution in [-0.2, 0) is 0 Å². The lowest BCUT2D eigenvalue weighted by atomic mass is 10.2. The van der Waals surface area contributed by atoms with Gasteiger partial charge in [-0.05, 0) is 30.5 Å². The van der Waals surface area contributed by atoms with Crippen molar-refractivity contribution in [3.8, 4) is 0 Å². The lowest BCUT2D eigenvalue weighted by Crippen LogP contribution is -1.75. The van der Waals surface area contributed by atoms with Gasteiger partial charge in [0.05, 0.1) is 4.11 Å². The summed E-state index contributed by atoms with van der Waals surface area (Å²) in [4.78, 5) is 0. The molecule has 0 aliphatic rings. The Kier molecular flexibility index (Phi) is 0.647. The second-order valence-electron chi connectivity index (χ2n) is 1.38. The van der Waals surface area contributed by atoms with E-state index in [0.717, 1.165) is 0 Å². The first-order valence-corrected chi connectivity index (χ1v) is 2.92. The largest absolute Gasteiger partial charge is 0.207 e. The molecule has 0 radical (unpaired) electrons. The molecule has 2 heteroatoms. The molecular weight excluding hydrogens is 183 g/mol. The zero-order valence-electron chi connectivity index (χ0n) is 10.3. The van der Waals surface area contributed by atoms with Crippen molar-refractivity contribution in [1.29, 1.82) is 0 Å². The summed E-state index contributed by atoms with van der Waals surface area (Å²) in [5.41, 5.74) is -0.678. The second kappa shape index (κ2) is 2.48. The van der Waals surface area contributed by atoms with Crippen molar-refractivity contribution < 1.29 is 12.6 Å². The second-order valence-corrected chi connectivity index (χ2v) is 2.17. The molecule has 0 atom stereocenters. The summed E-state index contributed by atoms with van der Waals surface area (Å²) < 4.78 is 56.0. The molecule has 1 rings (SSSR count). The van der Waals surface area contributed by atoms with E-state index in [0.29, 0.717) is 0 Å². The van der Waals surface area contributed by atoms with Crippen molar-refractivity contribution in [1.82, 2.24) is 0 Å². The van der Waals surface area contributed by atoms with Crippen LogP contribution >= 0.6 is 15.9 Å². The van der Waals surface area contributed by atoms with E-state index in [-0.39, 0.29) is 4.47 Å². The predicted molar refractivity (Wildman–Crippen MR) is 38.8 cm³/mol. The molecule has 0 spiro atoms. The molecular formula is C7H6BrF.